The van der Waals surface area contributed by atoms with E-state index in [2.05, 4.69) is 15.3 Å². The molecule has 0 bridgehead atoms. The van der Waals surface area contributed by atoms with Gasteiger partial charge in [0.1, 0.15) is 5.82 Å². The lowest BCUT2D eigenvalue weighted by molar-refractivity contribution is -0.0587. The van der Waals surface area contributed by atoms with Crippen LogP contribution in [0.3, 0.4) is 0 Å². The molecule has 2 heterocycles. The SMILES string of the molecule is CN=C/C(=C\N)c1cc(C)c(Nc2nccc3c2ccn3CC(F)(F)C(C)C)c(C)c1. The van der Waals surface area contributed by atoms with E-state index in [1.807, 2.05) is 32.0 Å². The number of rotatable bonds is 7. The highest BCUT2D eigenvalue weighted by molar-refractivity contribution is 6.09. The molecule has 1 aromatic carbocycles. The molecule has 3 aromatic rings. The Morgan fingerprint density at radius 2 is 1.94 bits per heavy atom. The molecule has 0 spiro atoms. The Morgan fingerprint density at radius 1 is 1.26 bits per heavy atom. The van der Waals surface area contributed by atoms with E-state index in [0.717, 1.165) is 38.9 Å². The number of alkyl halides is 2. The number of fused-ring (bicyclic) bond motifs is 1. The van der Waals surface area contributed by atoms with Gasteiger partial charge in [0.25, 0.3) is 5.92 Å². The third-order valence-electron chi connectivity index (χ3n) is 5.48. The van der Waals surface area contributed by atoms with Crippen LogP contribution in [0.2, 0.25) is 0 Å². The number of aliphatic imine (C=N–C) groups is 1. The molecule has 0 atom stereocenters. The lowest BCUT2D eigenvalue weighted by Gasteiger charge is -2.21. The van der Waals surface area contributed by atoms with Crippen LogP contribution < -0.4 is 11.1 Å². The number of aryl methyl sites for hydroxylation is 2. The summed E-state index contributed by atoms with van der Waals surface area (Å²) in [5.41, 5.74) is 11.2. The second-order valence-corrected chi connectivity index (χ2v) is 8.07. The maximum atomic E-state index is 14.3. The summed E-state index contributed by atoms with van der Waals surface area (Å²) in [6.07, 6.45) is 6.59. The molecule has 0 radical (unpaired) electrons. The highest BCUT2D eigenvalue weighted by Gasteiger charge is 2.34. The van der Waals surface area contributed by atoms with Gasteiger partial charge in [0, 0.05) is 54.4 Å². The molecule has 0 saturated carbocycles. The van der Waals surface area contributed by atoms with Crippen LogP contribution in [0.25, 0.3) is 16.5 Å². The Labute approximate surface area is 181 Å². The minimum atomic E-state index is -2.79. The van der Waals surface area contributed by atoms with Crippen molar-refractivity contribution in [3.8, 4) is 0 Å². The fourth-order valence-electron chi connectivity index (χ4n) is 3.57. The zero-order valence-corrected chi connectivity index (χ0v) is 18.6. The van der Waals surface area contributed by atoms with Gasteiger partial charge in [-0.1, -0.05) is 13.8 Å². The Kier molecular flexibility index (Phi) is 6.43. The van der Waals surface area contributed by atoms with Crippen LogP contribution in [0.15, 0.2) is 47.9 Å². The minimum absolute atomic E-state index is 0.364. The largest absolute Gasteiger partial charge is 0.404 e. The molecule has 0 aliphatic rings. The van der Waals surface area contributed by atoms with Gasteiger partial charge in [0.2, 0.25) is 0 Å². The van der Waals surface area contributed by atoms with E-state index in [1.54, 1.807) is 36.3 Å². The number of benzene rings is 1. The number of aromatic nitrogens is 2. The Balaban J connectivity index is 1.98. The Morgan fingerprint density at radius 3 is 2.52 bits per heavy atom. The predicted molar refractivity (Wildman–Crippen MR) is 125 cm³/mol. The summed E-state index contributed by atoms with van der Waals surface area (Å²) in [6, 6.07) is 7.66. The summed E-state index contributed by atoms with van der Waals surface area (Å²) < 4.78 is 30.2. The van der Waals surface area contributed by atoms with Crippen LogP contribution in [-0.2, 0) is 6.54 Å². The van der Waals surface area contributed by atoms with Gasteiger partial charge in [0.05, 0.1) is 12.1 Å². The van der Waals surface area contributed by atoms with E-state index < -0.39 is 11.8 Å². The highest BCUT2D eigenvalue weighted by atomic mass is 19.3. The van der Waals surface area contributed by atoms with E-state index >= 15 is 0 Å². The second-order valence-electron chi connectivity index (χ2n) is 8.07. The molecule has 2 aromatic heterocycles. The Bertz CT molecular complexity index is 1120. The Hall–Kier alpha value is -3.22. The van der Waals surface area contributed by atoms with Crippen molar-refractivity contribution in [2.75, 3.05) is 12.4 Å². The summed E-state index contributed by atoms with van der Waals surface area (Å²) in [4.78, 5) is 8.52. The molecular formula is C24H29F2N5. The fraction of sp³-hybridized carbons (Fsp3) is 0.333. The molecule has 7 heteroatoms. The lowest BCUT2D eigenvalue weighted by atomic mass is 9.99. The predicted octanol–water partition coefficient (Wildman–Crippen LogP) is 5.69. The van der Waals surface area contributed by atoms with Gasteiger partial charge in [0.15, 0.2) is 0 Å². The van der Waals surface area contributed by atoms with Gasteiger partial charge >= 0.3 is 0 Å². The van der Waals surface area contributed by atoms with E-state index in [0.29, 0.717) is 5.82 Å². The molecule has 0 unspecified atom stereocenters. The zero-order valence-electron chi connectivity index (χ0n) is 18.6. The molecule has 0 fully saturated rings. The second kappa shape index (κ2) is 8.88. The fourth-order valence-corrected chi connectivity index (χ4v) is 3.57. The van der Waals surface area contributed by atoms with Crippen molar-refractivity contribution in [3.63, 3.8) is 0 Å². The summed E-state index contributed by atoms with van der Waals surface area (Å²) in [7, 11) is 1.70. The third-order valence-corrected chi connectivity index (χ3v) is 5.48. The van der Waals surface area contributed by atoms with Crippen LogP contribution >= 0.6 is 0 Å². The standard InChI is InChI=1S/C24H29F2N5/c1-15(2)24(25,26)14-31-9-7-20-21(31)6-8-29-23(20)30-22-16(3)10-18(11-17(22)4)19(12-27)13-28-5/h6-13,15H,14,27H2,1-5H3,(H,29,30)/b19-12+,28-13?. The van der Waals surface area contributed by atoms with Crippen LogP contribution in [0, 0.1) is 19.8 Å². The number of anilines is 2. The summed E-state index contributed by atoms with van der Waals surface area (Å²) >= 11 is 0. The molecular weight excluding hydrogens is 396 g/mol. The van der Waals surface area contributed by atoms with Crippen molar-refractivity contribution in [2.45, 2.75) is 40.2 Å². The summed E-state index contributed by atoms with van der Waals surface area (Å²) in [6.45, 7) is 6.72. The molecule has 31 heavy (non-hydrogen) atoms. The van der Waals surface area contributed by atoms with Gasteiger partial charge in [-0.2, -0.15) is 0 Å². The summed E-state index contributed by atoms with van der Waals surface area (Å²) in [5, 5.41) is 4.20. The normalized spacial score (nSPS) is 13.0. The van der Waals surface area contributed by atoms with E-state index in [1.165, 1.54) is 20.0 Å². The number of nitrogens with two attached hydrogens (primary N) is 1. The van der Waals surface area contributed by atoms with Crippen molar-refractivity contribution in [3.05, 3.63) is 59.5 Å². The lowest BCUT2D eigenvalue weighted by Crippen LogP contribution is -2.29. The monoisotopic (exact) mass is 425 g/mol. The number of hydrogen-bond donors (Lipinski definition) is 2. The topological polar surface area (TPSA) is 68.2 Å². The van der Waals surface area contributed by atoms with E-state index in [9.17, 15) is 8.78 Å². The number of pyridine rings is 1. The highest BCUT2D eigenvalue weighted by Crippen LogP contribution is 2.33. The molecule has 3 N–H and O–H groups in total. The summed E-state index contributed by atoms with van der Waals surface area (Å²) in [5.74, 6) is -2.90. The van der Waals surface area contributed by atoms with Crippen LogP contribution in [-0.4, -0.2) is 28.7 Å². The van der Waals surface area contributed by atoms with E-state index in [4.69, 9.17) is 5.73 Å². The average Bonchev–Trinajstić information content (AvgIpc) is 3.11. The number of nitrogens with one attached hydrogen (secondary N) is 1. The maximum Gasteiger partial charge on any atom is 0.267 e. The van der Waals surface area contributed by atoms with Crippen molar-refractivity contribution in [1.82, 2.24) is 9.55 Å². The first-order chi connectivity index (χ1) is 14.7. The number of halogens is 2. The molecule has 164 valence electrons. The first kappa shape index (κ1) is 22.5. The first-order valence-electron chi connectivity index (χ1n) is 10.2. The maximum absolute atomic E-state index is 14.3. The van der Waals surface area contributed by atoms with Gasteiger partial charge in [-0.15, -0.1) is 0 Å². The van der Waals surface area contributed by atoms with Crippen molar-refractivity contribution < 1.29 is 8.78 Å². The molecule has 5 nitrogen and oxygen atoms in total. The van der Waals surface area contributed by atoms with Crippen molar-refractivity contribution in [2.24, 2.45) is 16.6 Å². The zero-order chi connectivity index (χ0) is 22.8. The molecule has 3 rings (SSSR count). The van der Waals surface area contributed by atoms with Gasteiger partial charge in [-0.3, -0.25) is 4.99 Å². The molecule has 0 saturated heterocycles. The quantitative estimate of drug-likeness (QED) is 0.478. The van der Waals surface area contributed by atoms with Crippen molar-refractivity contribution >= 4 is 34.2 Å². The number of allylic oxidation sites excluding steroid dienone is 1. The average molecular weight is 426 g/mol. The first-order valence-corrected chi connectivity index (χ1v) is 10.2. The minimum Gasteiger partial charge on any atom is -0.404 e. The van der Waals surface area contributed by atoms with Crippen LogP contribution in [0.1, 0.15) is 30.5 Å². The third kappa shape index (κ3) is 4.60. The van der Waals surface area contributed by atoms with Gasteiger partial charge < -0.3 is 15.6 Å². The molecule has 0 aliphatic heterocycles. The van der Waals surface area contributed by atoms with E-state index in [-0.39, 0.29) is 6.54 Å². The van der Waals surface area contributed by atoms with Gasteiger partial charge in [-0.05, 0) is 54.8 Å². The molecule has 0 aliphatic carbocycles. The van der Waals surface area contributed by atoms with Gasteiger partial charge in [-0.25, -0.2) is 13.8 Å². The van der Waals surface area contributed by atoms with Crippen LogP contribution in [0.5, 0.6) is 0 Å². The number of hydrogen-bond acceptors (Lipinski definition) is 4. The van der Waals surface area contributed by atoms with Crippen molar-refractivity contribution in [1.29, 1.82) is 0 Å². The smallest absolute Gasteiger partial charge is 0.267 e. The van der Waals surface area contributed by atoms with Crippen LogP contribution in [0.4, 0.5) is 20.3 Å². The molecule has 0 amide bonds. The number of nitrogens with zero attached hydrogens (tertiary/aromatic N) is 3.